The van der Waals surface area contributed by atoms with Gasteiger partial charge in [-0.3, -0.25) is 4.79 Å². The number of hydrazone groups is 1. The highest BCUT2D eigenvalue weighted by atomic mass is 35.5. The zero-order chi connectivity index (χ0) is 19.9. The van der Waals surface area contributed by atoms with Gasteiger partial charge in [-0.05, 0) is 54.9 Å². The van der Waals surface area contributed by atoms with E-state index in [1.807, 2.05) is 20.8 Å². The highest BCUT2D eigenvalue weighted by Crippen LogP contribution is 2.28. The van der Waals surface area contributed by atoms with Crippen LogP contribution in [-0.4, -0.2) is 11.6 Å². The third-order valence-corrected chi connectivity index (χ3v) is 4.90. The first-order valence-electron chi connectivity index (χ1n) is 9.83. The molecule has 1 heterocycles. The van der Waals surface area contributed by atoms with Crippen molar-refractivity contribution in [2.75, 3.05) is 0 Å². The summed E-state index contributed by atoms with van der Waals surface area (Å²) < 4.78 is 0. The van der Waals surface area contributed by atoms with E-state index in [9.17, 15) is 4.79 Å². The van der Waals surface area contributed by atoms with Crippen molar-refractivity contribution in [2.45, 2.75) is 80.6 Å². The summed E-state index contributed by atoms with van der Waals surface area (Å²) in [5, 5.41) is 4.96. The highest BCUT2D eigenvalue weighted by Gasteiger charge is 2.23. The number of nitrogens with zero attached hydrogens (tertiary/aromatic N) is 1. The molecule has 1 unspecified atom stereocenters. The highest BCUT2D eigenvalue weighted by molar-refractivity contribution is 6.34. The number of carbonyl (C=O) groups is 1. The predicted molar refractivity (Wildman–Crippen MR) is 113 cm³/mol. The van der Waals surface area contributed by atoms with Crippen LogP contribution in [0.5, 0.6) is 0 Å². The van der Waals surface area contributed by atoms with Crippen molar-refractivity contribution >= 4 is 23.2 Å². The van der Waals surface area contributed by atoms with E-state index in [2.05, 4.69) is 50.4 Å². The van der Waals surface area contributed by atoms with Gasteiger partial charge in [0.15, 0.2) is 0 Å². The second-order valence-corrected chi connectivity index (χ2v) is 8.57. The van der Waals surface area contributed by atoms with Gasteiger partial charge in [0.25, 0.3) is 0 Å². The SMILES string of the molecule is CC.Cc1cc(C2=NNC(=O)CC2C)c(Cl)cc1CCCCC(C)(C)C. The number of amides is 1. The number of hydrogen-bond donors (Lipinski definition) is 1. The average Bonchev–Trinajstić information content (AvgIpc) is 2.56. The van der Waals surface area contributed by atoms with Gasteiger partial charge in [-0.1, -0.05) is 59.6 Å². The number of nitrogens with one attached hydrogen (secondary N) is 1. The molecule has 0 saturated heterocycles. The minimum absolute atomic E-state index is 0.0328. The third-order valence-electron chi connectivity index (χ3n) is 4.58. The smallest absolute Gasteiger partial charge is 0.240 e. The molecule has 1 atom stereocenters. The lowest BCUT2D eigenvalue weighted by Crippen LogP contribution is -2.32. The largest absolute Gasteiger partial charge is 0.273 e. The summed E-state index contributed by atoms with van der Waals surface area (Å²) in [6, 6.07) is 4.20. The molecule has 1 aromatic carbocycles. The number of carbonyl (C=O) groups excluding carboxylic acids is 1. The molecule has 0 aliphatic carbocycles. The maximum atomic E-state index is 11.4. The number of benzene rings is 1. The van der Waals surface area contributed by atoms with Crippen LogP contribution in [0.2, 0.25) is 5.02 Å². The Morgan fingerprint density at radius 3 is 2.46 bits per heavy atom. The van der Waals surface area contributed by atoms with Crippen molar-refractivity contribution in [2.24, 2.45) is 16.4 Å². The molecule has 0 aromatic heterocycles. The van der Waals surface area contributed by atoms with E-state index >= 15 is 0 Å². The standard InChI is InChI=1S/C20H29ClN2O.C2H6/c1-13-10-16(19-14(2)11-18(24)22-23-19)17(21)12-15(13)8-6-7-9-20(3,4)5;1-2/h10,12,14H,6-9,11H2,1-5H3,(H,22,24);1-2H3. The zero-order valence-corrected chi connectivity index (χ0v) is 18.3. The monoisotopic (exact) mass is 378 g/mol. The van der Waals surface area contributed by atoms with Gasteiger partial charge >= 0.3 is 0 Å². The number of halogens is 1. The molecule has 3 nitrogen and oxygen atoms in total. The lowest BCUT2D eigenvalue weighted by molar-refractivity contribution is -0.121. The Hall–Kier alpha value is -1.35. The van der Waals surface area contributed by atoms with Crippen LogP contribution in [0.25, 0.3) is 0 Å². The Morgan fingerprint density at radius 2 is 1.88 bits per heavy atom. The van der Waals surface area contributed by atoms with Gasteiger partial charge in [0.2, 0.25) is 5.91 Å². The second kappa shape index (κ2) is 10.1. The van der Waals surface area contributed by atoms with E-state index in [-0.39, 0.29) is 11.8 Å². The first kappa shape index (κ1) is 22.7. The summed E-state index contributed by atoms with van der Waals surface area (Å²) >= 11 is 6.53. The fourth-order valence-corrected chi connectivity index (χ4v) is 3.42. The van der Waals surface area contributed by atoms with E-state index in [0.717, 1.165) is 22.7 Å². The molecule has 146 valence electrons. The van der Waals surface area contributed by atoms with E-state index < -0.39 is 0 Å². The quantitative estimate of drug-likeness (QED) is 0.600. The molecule has 0 spiro atoms. The van der Waals surface area contributed by atoms with Crippen LogP contribution in [0.3, 0.4) is 0 Å². The molecule has 0 saturated carbocycles. The first-order chi connectivity index (χ1) is 12.2. The average molecular weight is 379 g/mol. The van der Waals surface area contributed by atoms with Crippen LogP contribution in [-0.2, 0) is 11.2 Å². The molecule has 2 rings (SSSR count). The Morgan fingerprint density at radius 1 is 1.23 bits per heavy atom. The lowest BCUT2D eigenvalue weighted by Gasteiger charge is -2.21. The van der Waals surface area contributed by atoms with Gasteiger partial charge in [-0.15, -0.1) is 0 Å². The summed E-state index contributed by atoms with van der Waals surface area (Å²) in [6.07, 6.45) is 5.18. The van der Waals surface area contributed by atoms with Crippen molar-refractivity contribution in [3.05, 3.63) is 33.8 Å². The zero-order valence-electron chi connectivity index (χ0n) is 17.5. The van der Waals surface area contributed by atoms with Crippen LogP contribution in [0, 0.1) is 18.3 Å². The predicted octanol–water partition coefficient (Wildman–Crippen LogP) is 6.29. The molecule has 0 fully saturated rings. The maximum Gasteiger partial charge on any atom is 0.240 e. The Labute approximate surface area is 164 Å². The minimum atomic E-state index is -0.0328. The normalized spacial score (nSPS) is 17.2. The van der Waals surface area contributed by atoms with Crippen molar-refractivity contribution in [1.29, 1.82) is 0 Å². The third kappa shape index (κ3) is 6.75. The van der Waals surface area contributed by atoms with Crippen LogP contribution in [0.1, 0.15) is 83.9 Å². The fraction of sp³-hybridized carbons (Fsp3) is 0.636. The van der Waals surface area contributed by atoms with Gasteiger partial charge in [0, 0.05) is 22.9 Å². The summed E-state index contributed by atoms with van der Waals surface area (Å²) in [6.45, 7) is 15.0. The van der Waals surface area contributed by atoms with E-state index in [1.165, 1.54) is 30.4 Å². The molecule has 0 radical (unpaired) electrons. The molecule has 4 heteroatoms. The molecular weight excluding hydrogens is 344 g/mol. The van der Waals surface area contributed by atoms with Crippen molar-refractivity contribution in [3.8, 4) is 0 Å². The maximum absolute atomic E-state index is 11.4. The van der Waals surface area contributed by atoms with Crippen molar-refractivity contribution in [3.63, 3.8) is 0 Å². The summed E-state index contributed by atoms with van der Waals surface area (Å²) in [4.78, 5) is 11.4. The molecule has 1 aliphatic rings. The minimum Gasteiger partial charge on any atom is -0.273 e. The van der Waals surface area contributed by atoms with Gasteiger partial charge in [-0.2, -0.15) is 5.10 Å². The Kier molecular flexibility index (Phi) is 8.82. The summed E-state index contributed by atoms with van der Waals surface area (Å²) in [7, 11) is 0. The van der Waals surface area contributed by atoms with E-state index in [4.69, 9.17) is 11.6 Å². The van der Waals surface area contributed by atoms with Crippen LogP contribution in [0.4, 0.5) is 0 Å². The van der Waals surface area contributed by atoms with Gasteiger partial charge < -0.3 is 0 Å². The van der Waals surface area contributed by atoms with E-state index in [1.54, 1.807) is 0 Å². The molecule has 1 aliphatic heterocycles. The fourth-order valence-electron chi connectivity index (χ4n) is 3.14. The molecule has 1 amide bonds. The lowest BCUT2D eigenvalue weighted by atomic mass is 9.88. The first-order valence-corrected chi connectivity index (χ1v) is 10.2. The topological polar surface area (TPSA) is 41.5 Å². The van der Waals surface area contributed by atoms with Crippen LogP contribution >= 0.6 is 11.6 Å². The number of aryl methyl sites for hydroxylation is 2. The second-order valence-electron chi connectivity index (χ2n) is 8.16. The summed E-state index contributed by atoms with van der Waals surface area (Å²) in [5.41, 5.74) is 7.35. The van der Waals surface area contributed by atoms with Crippen molar-refractivity contribution < 1.29 is 4.79 Å². The number of rotatable bonds is 5. The Bertz CT molecular complexity index is 644. The van der Waals surface area contributed by atoms with Gasteiger partial charge in [0.05, 0.1) is 5.71 Å². The molecule has 26 heavy (non-hydrogen) atoms. The number of hydrogen-bond acceptors (Lipinski definition) is 2. The molecule has 0 bridgehead atoms. The number of unbranched alkanes of at least 4 members (excludes halogenated alkanes) is 1. The molecule has 1 aromatic rings. The van der Waals surface area contributed by atoms with Gasteiger partial charge in [0.1, 0.15) is 0 Å². The van der Waals surface area contributed by atoms with Crippen LogP contribution < -0.4 is 5.43 Å². The summed E-state index contributed by atoms with van der Waals surface area (Å²) in [5.74, 6) is 0.0582. The molecule has 1 N–H and O–H groups in total. The Balaban J connectivity index is 0.00000163. The van der Waals surface area contributed by atoms with E-state index in [0.29, 0.717) is 11.8 Å². The van der Waals surface area contributed by atoms with Crippen molar-refractivity contribution in [1.82, 2.24) is 5.43 Å². The van der Waals surface area contributed by atoms with Gasteiger partial charge in [-0.25, -0.2) is 5.43 Å². The van der Waals surface area contributed by atoms with Crippen LogP contribution in [0.15, 0.2) is 17.2 Å². The molecular formula is C22H35ClN2O.